The second-order valence-corrected chi connectivity index (χ2v) is 9.64. The molecule has 1 saturated heterocycles. The third-order valence-corrected chi connectivity index (χ3v) is 7.53. The number of fused-ring (bicyclic) bond motifs is 3. The smallest absolute Gasteiger partial charge is 0.407 e. The van der Waals surface area contributed by atoms with Crippen LogP contribution in [0.5, 0.6) is 0 Å². The second kappa shape index (κ2) is 9.49. The standard InChI is InChI=1S/C27H30N2O5/c30-25(29-13-5-6-18(15-29)26(31)32)17-11-12-19(14-17)28-27(33)34-16-24-22-9-3-1-7-20(22)21-8-2-4-10-23(21)24/h1-4,7-10,17-19,24H,5-6,11-16H2,(H,28,33)(H,31,32)/t17?,18-,19?/m0/s1. The first-order valence-corrected chi connectivity index (χ1v) is 12.1. The van der Waals surface area contributed by atoms with Gasteiger partial charge < -0.3 is 20.1 Å². The molecule has 2 aliphatic carbocycles. The van der Waals surface area contributed by atoms with Crippen LogP contribution in [-0.4, -0.2) is 53.7 Å². The molecule has 178 valence electrons. The first kappa shape index (κ1) is 22.4. The topological polar surface area (TPSA) is 95.9 Å². The van der Waals surface area contributed by atoms with Gasteiger partial charge in [0.25, 0.3) is 0 Å². The van der Waals surface area contributed by atoms with Gasteiger partial charge in [-0.25, -0.2) is 4.79 Å². The molecule has 34 heavy (non-hydrogen) atoms. The van der Waals surface area contributed by atoms with Crippen molar-refractivity contribution in [2.24, 2.45) is 11.8 Å². The summed E-state index contributed by atoms with van der Waals surface area (Å²) >= 11 is 0. The molecule has 0 aromatic heterocycles. The van der Waals surface area contributed by atoms with Crippen molar-refractivity contribution in [1.29, 1.82) is 0 Å². The molecule has 2 amide bonds. The molecule has 0 bridgehead atoms. The Morgan fingerprint density at radius 2 is 1.62 bits per heavy atom. The van der Waals surface area contributed by atoms with Gasteiger partial charge in [0, 0.05) is 31.0 Å². The largest absolute Gasteiger partial charge is 0.481 e. The fourth-order valence-corrected chi connectivity index (χ4v) is 5.78. The maximum absolute atomic E-state index is 12.9. The van der Waals surface area contributed by atoms with E-state index in [1.807, 2.05) is 24.3 Å². The van der Waals surface area contributed by atoms with Crippen molar-refractivity contribution in [3.63, 3.8) is 0 Å². The molecule has 7 heteroatoms. The van der Waals surface area contributed by atoms with Crippen LogP contribution in [0.4, 0.5) is 4.79 Å². The van der Waals surface area contributed by atoms with E-state index in [0.717, 1.165) is 12.8 Å². The molecule has 5 rings (SSSR count). The van der Waals surface area contributed by atoms with E-state index in [2.05, 4.69) is 29.6 Å². The van der Waals surface area contributed by atoms with Gasteiger partial charge in [-0.3, -0.25) is 9.59 Å². The lowest BCUT2D eigenvalue weighted by molar-refractivity contribution is -0.146. The van der Waals surface area contributed by atoms with Crippen LogP contribution in [0.3, 0.4) is 0 Å². The molecule has 1 heterocycles. The van der Waals surface area contributed by atoms with Crippen LogP contribution in [0.2, 0.25) is 0 Å². The number of nitrogens with one attached hydrogen (secondary N) is 1. The van der Waals surface area contributed by atoms with E-state index in [0.29, 0.717) is 25.8 Å². The summed E-state index contributed by atoms with van der Waals surface area (Å²) in [6, 6.07) is 16.3. The average molecular weight is 463 g/mol. The van der Waals surface area contributed by atoms with E-state index >= 15 is 0 Å². The fourth-order valence-electron chi connectivity index (χ4n) is 5.78. The molecule has 1 saturated carbocycles. The Morgan fingerprint density at radius 3 is 2.29 bits per heavy atom. The lowest BCUT2D eigenvalue weighted by Gasteiger charge is -2.32. The summed E-state index contributed by atoms with van der Waals surface area (Å²) < 4.78 is 5.64. The van der Waals surface area contributed by atoms with E-state index in [-0.39, 0.29) is 36.9 Å². The van der Waals surface area contributed by atoms with Crippen LogP contribution in [0, 0.1) is 11.8 Å². The normalized spacial score (nSPS) is 23.8. The van der Waals surface area contributed by atoms with E-state index in [4.69, 9.17) is 4.74 Å². The predicted molar refractivity (Wildman–Crippen MR) is 126 cm³/mol. The van der Waals surface area contributed by atoms with Crippen LogP contribution in [0.15, 0.2) is 48.5 Å². The number of piperidine rings is 1. The molecule has 0 spiro atoms. The van der Waals surface area contributed by atoms with Gasteiger partial charge in [0.05, 0.1) is 5.92 Å². The number of hydrogen-bond donors (Lipinski definition) is 2. The quantitative estimate of drug-likeness (QED) is 0.700. The molecule has 2 fully saturated rings. The maximum Gasteiger partial charge on any atom is 0.407 e. The van der Waals surface area contributed by atoms with Crippen LogP contribution in [-0.2, 0) is 14.3 Å². The molecule has 2 aromatic rings. The van der Waals surface area contributed by atoms with Crippen molar-refractivity contribution in [3.05, 3.63) is 59.7 Å². The van der Waals surface area contributed by atoms with Crippen molar-refractivity contribution >= 4 is 18.0 Å². The molecular formula is C27H30N2O5. The Bertz CT molecular complexity index is 1050. The lowest BCUT2D eigenvalue weighted by atomic mass is 9.96. The number of carboxylic acid groups (broad SMARTS) is 1. The van der Waals surface area contributed by atoms with Crippen molar-refractivity contribution in [3.8, 4) is 11.1 Å². The third-order valence-electron chi connectivity index (χ3n) is 7.53. The van der Waals surface area contributed by atoms with Gasteiger partial charge >= 0.3 is 12.1 Å². The number of amides is 2. The molecular weight excluding hydrogens is 432 g/mol. The zero-order chi connectivity index (χ0) is 23.7. The minimum absolute atomic E-state index is 0.0114. The summed E-state index contributed by atoms with van der Waals surface area (Å²) in [4.78, 5) is 38.5. The van der Waals surface area contributed by atoms with Crippen molar-refractivity contribution in [1.82, 2.24) is 10.2 Å². The van der Waals surface area contributed by atoms with E-state index in [9.17, 15) is 19.5 Å². The first-order chi connectivity index (χ1) is 16.5. The first-order valence-electron chi connectivity index (χ1n) is 12.1. The predicted octanol–water partition coefficient (Wildman–Crippen LogP) is 4.02. The Labute approximate surface area is 199 Å². The van der Waals surface area contributed by atoms with Crippen LogP contribution >= 0.6 is 0 Å². The SMILES string of the molecule is O=C(NC1CCC(C(=O)N2CCC[C@H](C(=O)O)C2)C1)OCC1c2ccccc2-c2ccccc21. The highest BCUT2D eigenvalue weighted by atomic mass is 16.5. The van der Waals surface area contributed by atoms with E-state index in [1.165, 1.54) is 22.3 Å². The number of benzene rings is 2. The number of aliphatic carboxylic acids is 1. The van der Waals surface area contributed by atoms with Gasteiger partial charge in [-0.2, -0.15) is 0 Å². The Morgan fingerprint density at radius 1 is 0.941 bits per heavy atom. The summed E-state index contributed by atoms with van der Waals surface area (Å²) in [7, 11) is 0. The van der Waals surface area contributed by atoms with E-state index in [1.54, 1.807) is 4.90 Å². The number of hydrogen-bond acceptors (Lipinski definition) is 4. The number of rotatable bonds is 5. The molecule has 3 aliphatic rings. The van der Waals surface area contributed by atoms with Gasteiger partial charge in [-0.05, 0) is 54.4 Å². The van der Waals surface area contributed by atoms with Crippen molar-refractivity contribution in [2.45, 2.75) is 44.1 Å². The average Bonchev–Trinajstić information content (AvgIpc) is 3.45. The minimum atomic E-state index is -0.835. The molecule has 2 unspecified atom stereocenters. The van der Waals surface area contributed by atoms with Gasteiger partial charge in [0.2, 0.25) is 5.91 Å². The van der Waals surface area contributed by atoms with Crippen LogP contribution < -0.4 is 5.32 Å². The lowest BCUT2D eigenvalue weighted by Crippen LogP contribution is -2.45. The molecule has 3 atom stereocenters. The Kier molecular flexibility index (Phi) is 6.26. The molecule has 7 nitrogen and oxygen atoms in total. The summed E-state index contributed by atoms with van der Waals surface area (Å²) in [5.41, 5.74) is 4.72. The number of likely N-dealkylation sites (tertiary alicyclic amines) is 1. The monoisotopic (exact) mass is 462 g/mol. The maximum atomic E-state index is 12.9. The number of carboxylic acids is 1. The fraction of sp³-hybridized carbons (Fsp3) is 0.444. The minimum Gasteiger partial charge on any atom is -0.481 e. The molecule has 2 aromatic carbocycles. The number of ether oxygens (including phenoxy) is 1. The van der Waals surface area contributed by atoms with Crippen LogP contribution in [0.25, 0.3) is 11.1 Å². The molecule has 1 aliphatic heterocycles. The van der Waals surface area contributed by atoms with Crippen LogP contribution in [0.1, 0.15) is 49.1 Å². The highest BCUT2D eigenvalue weighted by Crippen LogP contribution is 2.44. The summed E-state index contributed by atoms with van der Waals surface area (Å²) in [6.07, 6.45) is 2.87. The second-order valence-electron chi connectivity index (χ2n) is 9.64. The van der Waals surface area contributed by atoms with Gasteiger partial charge in [0.1, 0.15) is 6.61 Å². The molecule has 2 N–H and O–H groups in total. The number of nitrogens with zero attached hydrogens (tertiary/aromatic N) is 1. The zero-order valence-electron chi connectivity index (χ0n) is 19.1. The molecule has 0 radical (unpaired) electrons. The van der Waals surface area contributed by atoms with Crippen molar-refractivity contribution < 1.29 is 24.2 Å². The highest BCUT2D eigenvalue weighted by Gasteiger charge is 2.36. The number of alkyl carbamates (subject to hydrolysis) is 1. The van der Waals surface area contributed by atoms with Gasteiger partial charge in [-0.15, -0.1) is 0 Å². The summed E-state index contributed by atoms with van der Waals surface area (Å²) in [5, 5.41) is 12.2. The highest BCUT2D eigenvalue weighted by molar-refractivity contribution is 5.81. The number of carbonyl (C=O) groups excluding carboxylic acids is 2. The van der Waals surface area contributed by atoms with Gasteiger partial charge in [-0.1, -0.05) is 48.5 Å². The van der Waals surface area contributed by atoms with Gasteiger partial charge in [0.15, 0.2) is 0 Å². The Hall–Kier alpha value is -3.35. The van der Waals surface area contributed by atoms with E-state index < -0.39 is 18.0 Å². The summed E-state index contributed by atoms with van der Waals surface area (Å²) in [6.45, 7) is 1.16. The Balaban J connectivity index is 1.14. The van der Waals surface area contributed by atoms with Crippen molar-refractivity contribution in [2.75, 3.05) is 19.7 Å². The zero-order valence-corrected chi connectivity index (χ0v) is 19.1. The number of carbonyl (C=O) groups is 3. The third kappa shape index (κ3) is 4.39. The summed E-state index contributed by atoms with van der Waals surface area (Å²) in [5.74, 6) is -1.46.